The van der Waals surface area contributed by atoms with E-state index in [0.717, 1.165) is 48.3 Å². The number of halogens is 2. The Morgan fingerprint density at radius 1 is 1.14 bits per heavy atom. The average Bonchev–Trinajstić information content (AvgIpc) is 2.66. The third-order valence-electron chi connectivity index (χ3n) is 5.42. The molecule has 0 saturated carbocycles. The monoisotopic (exact) mass is 422 g/mol. The van der Waals surface area contributed by atoms with Gasteiger partial charge < -0.3 is 26.9 Å². The number of carbonyl (C=O) groups excluding carboxylic acids is 1. The lowest BCUT2D eigenvalue weighted by Crippen LogP contribution is -3.00. The number of carbonyl (C=O) groups is 1. The molecule has 0 atom stereocenters. The number of rotatable bonds is 5. The fraction of sp³-hybridized carbons (Fsp3) is 0.409. The van der Waals surface area contributed by atoms with Crippen LogP contribution in [0.2, 0.25) is 5.02 Å². The summed E-state index contributed by atoms with van der Waals surface area (Å²) < 4.78 is 6.44. The van der Waals surface area contributed by atoms with Crippen LogP contribution in [-0.4, -0.2) is 43.7 Å². The molecule has 0 aliphatic carbocycles. The Kier molecular flexibility index (Phi) is 7.90. The van der Waals surface area contributed by atoms with Crippen molar-refractivity contribution in [3.8, 4) is 0 Å². The van der Waals surface area contributed by atoms with Crippen LogP contribution in [0.15, 0.2) is 42.5 Å². The number of amides is 1. The fourth-order valence-electron chi connectivity index (χ4n) is 3.61. The Bertz CT molecular complexity index is 801. The van der Waals surface area contributed by atoms with Crippen molar-refractivity contribution in [1.82, 2.24) is 0 Å². The molecule has 28 heavy (non-hydrogen) atoms. The second-order valence-corrected chi connectivity index (χ2v) is 8.30. The van der Waals surface area contributed by atoms with Crippen molar-refractivity contribution in [3.05, 3.63) is 64.2 Å². The van der Waals surface area contributed by atoms with Gasteiger partial charge in [0.15, 0.2) is 0 Å². The second-order valence-electron chi connectivity index (χ2n) is 7.90. The van der Waals surface area contributed by atoms with E-state index in [1.165, 1.54) is 5.56 Å². The minimum atomic E-state index is -0.150. The molecule has 6 heteroatoms. The SMILES string of the molecule is Cc1ccc(C(=O)Nc2ccc(C[N+](C)(C)C3CCOCC3)cc2)cc1Cl.[Cl-]. The summed E-state index contributed by atoms with van der Waals surface area (Å²) in [4.78, 5) is 12.4. The summed E-state index contributed by atoms with van der Waals surface area (Å²) in [6.07, 6.45) is 2.22. The predicted octanol–water partition coefficient (Wildman–Crippen LogP) is 1.66. The Hall–Kier alpha value is -1.59. The summed E-state index contributed by atoms with van der Waals surface area (Å²) in [5.74, 6) is -0.150. The van der Waals surface area contributed by atoms with E-state index in [1.54, 1.807) is 12.1 Å². The van der Waals surface area contributed by atoms with Gasteiger partial charge in [-0.15, -0.1) is 0 Å². The Morgan fingerprint density at radius 3 is 2.39 bits per heavy atom. The van der Waals surface area contributed by atoms with E-state index in [1.807, 2.05) is 25.1 Å². The minimum absolute atomic E-state index is 0. The van der Waals surface area contributed by atoms with E-state index in [9.17, 15) is 4.79 Å². The second kappa shape index (κ2) is 9.75. The van der Waals surface area contributed by atoms with E-state index in [2.05, 4.69) is 31.5 Å². The van der Waals surface area contributed by atoms with Crippen molar-refractivity contribution in [2.24, 2.45) is 0 Å². The summed E-state index contributed by atoms with van der Waals surface area (Å²) in [7, 11) is 4.57. The third-order valence-corrected chi connectivity index (χ3v) is 5.82. The largest absolute Gasteiger partial charge is 1.00 e. The van der Waals surface area contributed by atoms with Gasteiger partial charge in [-0.05, 0) is 36.8 Å². The first-order valence-electron chi connectivity index (χ1n) is 9.42. The van der Waals surface area contributed by atoms with Crippen molar-refractivity contribution in [2.75, 3.05) is 32.6 Å². The average molecular weight is 423 g/mol. The summed E-state index contributed by atoms with van der Waals surface area (Å²) in [5.41, 5.74) is 3.58. The van der Waals surface area contributed by atoms with Crippen molar-refractivity contribution >= 4 is 23.2 Å². The number of nitrogens with one attached hydrogen (secondary N) is 1. The standard InChI is InChI=1S/C22H27ClN2O2.ClH/c1-16-4-7-18(14-21(16)23)22(26)24-19-8-5-17(6-9-19)15-25(2,3)20-10-12-27-13-11-20;/h4-9,14,20H,10-13,15H2,1-3H3;1H. The Morgan fingerprint density at radius 2 is 1.79 bits per heavy atom. The quantitative estimate of drug-likeness (QED) is 0.744. The molecule has 0 unspecified atom stereocenters. The van der Waals surface area contributed by atoms with Gasteiger partial charge in [0, 0.05) is 34.7 Å². The highest BCUT2D eigenvalue weighted by molar-refractivity contribution is 6.31. The van der Waals surface area contributed by atoms with E-state index in [-0.39, 0.29) is 18.3 Å². The first-order valence-corrected chi connectivity index (χ1v) is 9.80. The maximum Gasteiger partial charge on any atom is 0.255 e. The van der Waals surface area contributed by atoms with Crippen molar-refractivity contribution in [2.45, 2.75) is 32.4 Å². The molecule has 2 aromatic carbocycles. The van der Waals surface area contributed by atoms with Crippen LogP contribution in [0.1, 0.15) is 34.3 Å². The van der Waals surface area contributed by atoms with Gasteiger partial charge in [-0.3, -0.25) is 4.79 Å². The molecule has 1 amide bonds. The molecule has 0 radical (unpaired) electrons. The highest BCUT2D eigenvalue weighted by atomic mass is 35.5. The summed E-state index contributed by atoms with van der Waals surface area (Å²) in [6.45, 7) is 4.61. The van der Waals surface area contributed by atoms with Crippen LogP contribution in [0.5, 0.6) is 0 Å². The summed E-state index contributed by atoms with van der Waals surface area (Å²) >= 11 is 6.12. The highest BCUT2D eigenvalue weighted by Crippen LogP contribution is 2.23. The van der Waals surface area contributed by atoms with Gasteiger partial charge in [0.2, 0.25) is 0 Å². The first kappa shape index (κ1) is 22.7. The molecule has 1 saturated heterocycles. The molecule has 1 fully saturated rings. The smallest absolute Gasteiger partial charge is 0.255 e. The van der Waals surface area contributed by atoms with Gasteiger partial charge in [-0.2, -0.15) is 0 Å². The van der Waals surface area contributed by atoms with Crippen LogP contribution >= 0.6 is 11.6 Å². The number of anilines is 1. The number of hydrogen-bond acceptors (Lipinski definition) is 2. The molecule has 2 aromatic rings. The lowest BCUT2D eigenvalue weighted by molar-refractivity contribution is -0.929. The number of nitrogens with zero attached hydrogens (tertiary/aromatic N) is 1. The molecule has 1 aliphatic rings. The number of aryl methyl sites for hydroxylation is 1. The van der Waals surface area contributed by atoms with Crippen LogP contribution in [0.25, 0.3) is 0 Å². The summed E-state index contributed by atoms with van der Waals surface area (Å²) in [6, 6.07) is 14.1. The zero-order valence-corrected chi connectivity index (χ0v) is 18.2. The molecular weight excluding hydrogens is 395 g/mol. The van der Waals surface area contributed by atoms with Crippen molar-refractivity contribution in [1.29, 1.82) is 0 Å². The molecule has 0 aromatic heterocycles. The van der Waals surface area contributed by atoms with E-state index in [0.29, 0.717) is 16.6 Å². The number of quaternary nitrogens is 1. The zero-order valence-electron chi connectivity index (χ0n) is 16.7. The van der Waals surface area contributed by atoms with Crippen LogP contribution < -0.4 is 17.7 Å². The molecule has 4 nitrogen and oxygen atoms in total. The lowest BCUT2D eigenvalue weighted by Gasteiger charge is -2.40. The molecule has 1 heterocycles. The Balaban J connectivity index is 0.00000280. The van der Waals surface area contributed by atoms with Crippen LogP contribution in [-0.2, 0) is 11.3 Å². The molecule has 1 N–H and O–H groups in total. The van der Waals surface area contributed by atoms with Crippen LogP contribution in [0, 0.1) is 6.92 Å². The van der Waals surface area contributed by atoms with Gasteiger partial charge in [-0.25, -0.2) is 0 Å². The van der Waals surface area contributed by atoms with Crippen molar-refractivity contribution < 1.29 is 26.4 Å². The van der Waals surface area contributed by atoms with Gasteiger partial charge in [0.1, 0.15) is 6.54 Å². The van der Waals surface area contributed by atoms with Gasteiger partial charge >= 0.3 is 0 Å². The van der Waals surface area contributed by atoms with E-state index >= 15 is 0 Å². The molecule has 3 rings (SSSR count). The highest BCUT2D eigenvalue weighted by Gasteiger charge is 2.30. The Labute approximate surface area is 178 Å². The molecule has 1 aliphatic heterocycles. The zero-order chi connectivity index (χ0) is 19.4. The molecule has 152 valence electrons. The predicted molar refractivity (Wildman–Crippen MR) is 110 cm³/mol. The topological polar surface area (TPSA) is 38.3 Å². The van der Waals surface area contributed by atoms with Gasteiger partial charge in [-0.1, -0.05) is 29.8 Å². The number of hydrogen-bond donors (Lipinski definition) is 1. The van der Waals surface area contributed by atoms with Crippen LogP contribution in [0.3, 0.4) is 0 Å². The number of ether oxygens (including phenoxy) is 1. The third kappa shape index (κ3) is 5.71. The van der Waals surface area contributed by atoms with Crippen LogP contribution in [0.4, 0.5) is 5.69 Å². The maximum atomic E-state index is 12.4. The van der Waals surface area contributed by atoms with Crippen molar-refractivity contribution in [3.63, 3.8) is 0 Å². The minimum Gasteiger partial charge on any atom is -1.00 e. The van der Waals surface area contributed by atoms with Gasteiger partial charge in [0.25, 0.3) is 5.91 Å². The van der Waals surface area contributed by atoms with E-state index in [4.69, 9.17) is 16.3 Å². The maximum absolute atomic E-state index is 12.4. The summed E-state index contributed by atoms with van der Waals surface area (Å²) in [5, 5.41) is 3.54. The first-order chi connectivity index (χ1) is 12.8. The normalized spacial score (nSPS) is 15.0. The van der Waals surface area contributed by atoms with E-state index < -0.39 is 0 Å². The lowest BCUT2D eigenvalue weighted by atomic mass is 10.0. The number of benzene rings is 2. The fourth-order valence-corrected chi connectivity index (χ4v) is 3.80. The molecule has 0 bridgehead atoms. The van der Waals surface area contributed by atoms with Gasteiger partial charge in [0.05, 0.1) is 33.4 Å². The molecule has 0 spiro atoms. The molecular formula is C22H28Cl2N2O2.